The number of piperazine rings is 1. The highest BCUT2D eigenvalue weighted by Gasteiger charge is 2.34. The fraction of sp³-hybridized carbons (Fsp3) is 0.500. The number of likely N-dealkylation sites (N-methyl/N-ethyl adjacent to an activating group) is 1. The molecule has 2 atom stereocenters. The summed E-state index contributed by atoms with van der Waals surface area (Å²) < 4.78 is 28.5. The first-order chi connectivity index (χ1) is 18.5. The number of alkyl halides is 1. The van der Waals surface area contributed by atoms with Crippen molar-refractivity contribution in [3.05, 3.63) is 46.3 Å². The normalized spacial score (nSPS) is 23.4. The molecule has 3 heterocycles. The summed E-state index contributed by atoms with van der Waals surface area (Å²) in [6, 6.07) is 4.57. The summed E-state index contributed by atoms with van der Waals surface area (Å²) in [7, 11) is -0.140. The van der Waals surface area contributed by atoms with Crippen molar-refractivity contribution in [3.8, 4) is 0 Å². The number of fused-ring (bicyclic) bond motifs is 1. The zero-order valence-corrected chi connectivity index (χ0v) is 24.5. The maximum atomic E-state index is 13.5. The van der Waals surface area contributed by atoms with Gasteiger partial charge in [0.05, 0.1) is 16.0 Å². The topological polar surface area (TPSA) is 106 Å². The molecule has 210 valence electrons. The maximum absolute atomic E-state index is 13.5. The highest BCUT2D eigenvalue weighted by molar-refractivity contribution is 7.89. The second kappa shape index (κ2) is 10.7. The smallest absolute Gasteiger partial charge is 0.256 e. The molecule has 0 radical (unpaired) electrons. The van der Waals surface area contributed by atoms with Crippen molar-refractivity contribution in [3.63, 3.8) is 0 Å². The summed E-state index contributed by atoms with van der Waals surface area (Å²) in [6.45, 7) is 6.73. The predicted octanol–water partition coefficient (Wildman–Crippen LogP) is 3.68. The van der Waals surface area contributed by atoms with E-state index in [-0.39, 0.29) is 28.1 Å². The third-order valence-electron chi connectivity index (χ3n) is 8.32. The molecule has 0 spiro atoms. The molecule has 3 aliphatic rings. The van der Waals surface area contributed by atoms with Gasteiger partial charge in [0, 0.05) is 67.3 Å². The van der Waals surface area contributed by atoms with Crippen molar-refractivity contribution in [2.75, 3.05) is 45.6 Å². The standard InChI is InChI=1S/C28H36ClN5O4S/c1-17-25(30-18(2)26(17)28(36)34-12-10-32(3)11-13-34)16-23-22-15-21(8-9-24(22)31-27(23)35)39(37,38)33(4)20-7-5-6-19(29)14-20/h8-9,15-16,19-20,30H,5-7,10-14H2,1-4H3,(H,31,35)/b23-16-/t19-,20?/m0/s1. The number of hydrogen-bond acceptors (Lipinski definition) is 5. The number of nitrogens with one attached hydrogen (secondary N) is 2. The minimum absolute atomic E-state index is 0.0198. The molecule has 1 aromatic heterocycles. The van der Waals surface area contributed by atoms with Gasteiger partial charge in [0.25, 0.3) is 11.8 Å². The van der Waals surface area contributed by atoms with Crippen molar-refractivity contribution in [2.24, 2.45) is 0 Å². The van der Waals surface area contributed by atoms with Gasteiger partial charge in [-0.05, 0) is 70.0 Å². The number of sulfonamides is 1. The van der Waals surface area contributed by atoms with E-state index in [1.165, 1.54) is 10.4 Å². The number of halogens is 1. The van der Waals surface area contributed by atoms with Gasteiger partial charge in [-0.1, -0.05) is 6.42 Å². The zero-order chi connectivity index (χ0) is 28.1. The second-order valence-electron chi connectivity index (χ2n) is 10.9. The molecule has 2 amide bonds. The van der Waals surface area contributed by atoms with Gasteiger partial charge >= 0.3 is 0 Å². The lowest BCUT2D eigenvalue weighted by atomic mass is 9.95. The van der Waals surface area contributed by atoms with Gasteiger partial charge in [-0.2, -0.15) is 4.31 Å². The van der Waals surface area contributed by atoms with E-state index < -0.39 is 10.0 Å². The molecule has 2 fully saturated rings. The molecule has 0 bridgehead atoms. The molecule has 11 heteroatoms. The van der Waals surface area contributed by atoms with Crippen LogP contribution in [0, 0.1) is 13.8 Å². The monoisotopic (exact) mass is 573 g/mol. The SMILES string of the molecule is Cc1[nH]c(/C=C2\C(=O)Nc3ccc(S(=O)(=O)N(C)C4CCC[C@H](Cl)C4)cc32)c(C)c1C(=O)N1CCN(C)CC1. The van der Waals surface area contributed by atoms with Crippen molar-refractivity contribution in [2.45, 2.75) is 55.8 Å². The number of nitrogens with zero attached hydrogens (tertiary/aromatic N) is 3. The Morgan fingerprint density at radius 2 is 1.87 bits per heavy atom. The number of anilines is 1. The molecule has 2 aromatic rings. The fourth-order valence-electron chi connectivity index (χ4n) is 5.82. The molecule has 39 heavy (non-hydrogen) atoms. The minimum Gasteiger partial charge on any atom is -0.358 e. The van der Waals surface area contributed by atoms with E-state index in [1.807, 2.05) is 25.8 Å². The van der Waals surface area contributed by atoms with Gasteiger partial charge in [0.15, 0.2) is 0 Å². The number of aryl methyl sites for hydroxylation is 1. The van der Waals surface area contributed by atoms with E-state index in [4.69, 9.17) is 11.6 Å². The van der Waals surface area contributed by atoms with Crippen molar-refractivity contribution in [1.29, 1.82) is 0 Å². The van der Waals surface area contributed by atoms with Crippen LogP contribution in [0.2, 0.25) is 0 Å². The number of carbonyl (C=O) groups excluding carboxylic acids is 2. The second-order valence-corrected chi connectivity index (χ2v) is 13.5. The van der Waals surface area contributed by atoms with E-state index in [2.05, 4.69) is 15.2 Å². The number of benzene rings is 1. The summed E-state index contributed by atoms with van der Waals surface area (Å²) in [5.41, 5.74) is 4.21. The Balaban J connectivity index is 1.46. The molecule has 2 N–H and O–H groups in total. The fourth-order valence-corrected chi connectivity index (χ4v) is 7.60. The average Bonchev–Trinajstić information content (AvgIpc) is 3.37. The van der Waals surface area contributed by atoms with Crippen LogP contribution in [0.5, 0.6) is 0 Å². The highest BCUT2D eigenvalue weighted by Crippen LogP contribution is 2.37. The first-order valence-electron chi connectivity index (χ1n) is 13.4. The van der Waals surface area contributed by atoms with Crippen LogP contribution in [0.15, 0.2) is 23.1 Å². The van der Waals surface area contributed by atoms with E-state index >= 15 is 0 Å². The van der Waals surface area contributed by atoms with Crippen molar-refractivity contribution >= 4 is 50.8 Å². The summed E-state index contributed by atoms with van der Waals surface area (Å²) in [5, 5.41) is 2.81. The van der Waals surface area contributed by atoms with Crippen LogP contribution in [0.3, 0.4) is 0 Å². The Bertz CT molecular complexity index is 1440. The van der Waals surface area contributed by atoms with Crippen LogP contribution in [-0.4, -0.2) is 91.0 Å². The molecular weight excluding hydrogens is 538 g/mol. The summed E-state index contributed by atoms with van der Waals surface area (Å²) in [5.74, 6) is -0.336. The van der Waals surface area contributed by atoms with E-state index in [0.29, 0.717) is 47.6 Å². The number of aromatic nitrogens is 1. The lowest BCUT2D eigenvalue weighted by molar-refractivity contribution is -0.110. The van der Waals surface area contributed by atoms with Crippen LogP contribution in [-0.2, 0) is 14.8 Å². The van der Waals surface area contributed by atoms with Gasteiger partial charge in [-0.15, -0.1) is 11.6 Å². The number of H-pyrrole nitrogens is 1. The Morgan fingerprint density at radius 1 is 1.15 bits per heavy atom. The average molecular weight is 574 g/mol. The Kier molecular flexibility index (Phi) is 7.67. The van der Waals surface area contributed by atoms with Gasteiger partial charge in [0.2, 0.25) is 10.0 Å². The van der Waals surface area contributed by atoms with Crippen molar-refractivity contribution in [1.82, 2.24) is 19.1 Å². The third-order valence-corrected chi connectivity index (χ3v) is 10.6. The third kappa shape index (κ3) is 5.27. The summed E-state index contributed by atoms with van der Waals surface area (Å²) in [6.07, 6.45) is 4.89. The molecule has 9 nitrogen and oxygen atoms in total. The van der Waals surface area contributed by atoms with Crippen LogP contribution < -0.4 is 5.32 Å². The van der Waals surface area contributed by atoms with Crippen LogP contribution in [0.25, 0.3) is 11.6 Å². The molecule has 2 aliphatic heterocycles. The maximum Gasteiger partial charge on any atom is 0.256 e. The van der Waals surface area contributed by atoms with Crippen LogP contribution >= 0.6 is 11.6 Å². The molecule has 1 aromatic carbocycles. The summed E-state index contributed by atoms with van der Waals surface area (Å²) >= 11 is 6.33. The first kappa shape index (κ1) is 27.9. The highest BCUT2D eigenvalue weighted by atomic mass is 35.5. The van der Waals surface area contributed by atoms with Crippen LogP contribution in [0.1, 0.15) is 58.6 Å². The van der Waals surface area contributed by atoms with E-state index in [1.54, 1.807) is 25.3 Å². The minimum atomic E-state index is -3.79. The largest absolute Gasteiger partial charge is 0.358 e. The molecule has 1 aliphatic carbocycles. The molecule has 1 unspecified atom stereocenters. The molecular formula is C28H36ClN5O4S. The lowest BCUT2D eigenvalue weighted by Gasteiger charge is -2.32. The van der Waals surface area contributed by atoms with Gasteiger partial charge in [-0.3, -0.25) is 9.59 Å². The lowest BCUT2D eigenvalue weighted by Crippen LogP contribution is -2.47. The van der Waals surface area contributed by atoms with Gasteiger partial charge < -0.3 is 20.1 Å². The predicted molar refractivity (Wildman–Crippen MR) is 153 cm³/mol. The van der Waals surface area contributed by atoms with E-state index in [0.717, 1.165) is 43.6 Å². The van der Waals surface area contributed by atoms with Crippen molar-refractivity contribution < 1.29 is 18.0 Å². The Hall–Kier alpha value is -2.66. The number of hydrogen-bond donors (Lipinski definition) is 2. The first-order valence-corrected chi connectivity index (χ1v) is 15.3. The Labute approximate surface area is 235 Å². The van der Waals surface area contributed by atoms with E-state index in [9.17, 15) is 18.0 Å². The molecule has 5 rings (SSSR count). The van der Waals surface area contributed by atoms with Gasteiger partial charge in [-0.25, -0.2) is 8.42 Å². The Morgan fingerprint density at radius 3 is 2.56 bits per heavy atom. The molecule has 1 saturated heterocycles. The number of aromatic amines is 1. The van der Waals surface area contributed by atoms with Gasteiger partial charge in [0.1, 0.15) is 0 Å². The number of carbonyl (C=O) groups is 2. The number of rotatable bonds is 5. The zero-order valence-electron chi connectivity index (χ0n) is 22.9. The summed E-state index contributed by atoms with van der Waals surface area (Å²) in [4.78, 5) is 33.8. The quantitative estimate of drug-likeness (QED) is 0.419. The molecule has 1 saturated carbocycles. The van der Waals surface area contributed by atoms with Crippen LogP contribution in [0.4, 0.5) is 5.69 Å². The number of amides is 2.